The van der Waals surface area contributed by atoms with E-state index in [-0.39, 0.29) is 17.4 Å². The van der Waals surface area contributed by atoms with Gasteiger partial charge in [0.1, 0.15) is 6.61 Å². The van der Waals surface area contributed by atoms with Crippen molar-refractivity contribution in [3.63, 3.8) is 0 Å². The van der Waals surface area contributed by atoms with Crippen LogP contribution in [-0.2, 0) is 6.61 Å². The van der Waals surface area contributed by atoms with Gasteiger partial charge in [0.2, 0.25) is 5.01 Å². The first kappa shape index (κ1) is 12.5. The fourth-order valence-corrected chi connectivity index (χ4v) is 1.98. The van der Waals surface area contributed by atoms with Crippen molar-refractivity contribution in [2.75, 3.05) is 0 Å². The molecule has 6 heteroatoms. The van der Waals surface area contributed by atoms with Crippen molar-refractivity contribution < 1.29 is 19.0 Å². The highest BCUT2D eigenvalue weighted by Gasteiger charge is 2.10. The van der Waals surface area contributed by atoms with E-state index in [1.54, 1.807) is 17.5 Å². The van der Waals surface area contributed by atoms with Crippen LogP contribution in [0.1, 0.15) is 21.1 Å². The smallest absolute Gasteiger partial charge is 0.365 e. The lowest BCUT2D eigenvalue weighted by Gasteiger charge is -2.06. The lowest BCUT2D eigenvalue weighted by Crippen LogP contribution is -2.00. The maximum absolute atomic E-state index is 13.4. The highest BCUT2D eigenvalue weighted by molar-refractivity contribution is 7.11. The first-order valence-corrected chi connectivity index (χ1v) is 6.01. The molecule has 2 rings (SSSR count). The molecule has 0 radical (unpaired) electrons. The molecular weight excluding hydrogens is 257 g/mol. The first-order chi connectivity index (χ1) is 8.56. The van der Waals surface area contributed by atoms with Gasteiger partial charge in [0.15, 0.2) is 11.6 Å². The molecule has 0 aliphatic heterocycles. The van der Waals surface area contributed by atoms with Crippen LogP contribution in [0.5, 0.6) is 5.75 Å². The summed E-state index contributed by atoms with van der Waals surface area (Å²) in [6.07, 6.45) is 0. The van der Waals surface area contributed by atoms with Crippen LogP contribution >= 0.6 is 11.3 Å². The highest BCUT2D eigenvalue weighted by atomic mass is 32.1. The molecule has 0 aliphatic carbocycles. The normalized spacial score (nSPS) is 10.3. The summed E-state index contributed by atoms with van der Waals surface area (Å²) in [4.78, 5) is 14.5. The number of aryl methyl sites for hydroxylation is 1. The molecule has 0 fully saturated rings. The van der Waals surface area contributed by atoms with Crippen molar-refractivity contribution in [3.05, 3.63) is 45.7 Å². The van der Waals surface area contributed by atoms with Gasteiger partial charge in [0.25, 0.3) is 0 Å². The molecule has 1 N–H and O–H groups in total. The predicted molar refractivity (Wildman–Crippen MR) is 64.5 cm³/mol. The summed E-state index contributed by atoms with van der Waals surface area (Å²) in [5.41, 5.74) is 1.36. The predicted octanol–water partition coefficient (Wildman–Crippen LogP) is 2.87. The van der Waals surface area contributed by atoms with E-state index in [4.69, 9.17) is 9.84 Å². The lowest BCUT2D eigenvalue weighted by molar-refractivity contribution is 0.0696. The second-order valence-electron chi connectivity index (χ2n) is 3.67. The van der Waals surface area contributed by atoms with Crippen LogP contribution in [0.4, 0.5) is 4.39 Å². The molecule has 94 valence electrons. The van der Waals surface area contributed by atoms with Crippen LogP contribution in [0.3, 0.4) is 0 Å². The van der Waals surface area contributed by atoms with Crippen molar-refractivity contribution in [1.29, 1.82) is 0 Å². The van der Waals surface area contributed by atoms with Gasteiger partial charge < -0.3 is 9.84 Å². The molecule has 18 heavy (non-hydrogen) atoms. The van der Waals surface area contributed by atoms with Crippen LogP contribution in [0.2, 0.25) is 0 Å². The van der Waals surface area contributed by atoms with E-state index in [9.17, 15) is 9.18 Å². The third kappa shape index (κ3) is 2.84. The number of halogens is 1. The Bertz CT molecular complexity index is 582. The molecule has 0 aliphatic rings. The Morgan fingerprint density at radius 2 is 2.33 bits per heavy atom. The summed E-state index contributed by atoms with van der Waals surface area (Å²) in [7, 11) is 0. The molecule has 1 aromatic heterocycles. The van der Waals surface area contributed by atoms with E-state index >= 15 is 0 Å². The van der Waals surface area contributed by atoms with Crippen molar-refractivity contribution in [3.8, 4) is 5.75 Å². The molecule has 0 saturated heterocycles. The Hall–Kier alpha value is -1.95. The van der Waals surface area contributed by atoms with Crippen LogP contribution in [0.25, 0.3) is 0 Å². The van der Waals surface area contributed by atoms with Crippen LogP contribution in [0.15, 0.2) is 23.6 Å². The van der Waals surface area contributed by atoms with Gasteiger partial charge in [0, 0.05) is 5.38 Å². The number of aromatic nitrogens is 1. The number of nitrogens with zero attached hydrogens (tertiary/aromatic N) is 1. The van der Waals surface area contributed by atoms with Crippen molar-refractivity contribution in [2.45, 2.75) is 13.5 Å². The largest absolute Gasteiger partial charge is 0.484 e. The second-order valence-corrected chi connectivity index (χ2v) is 4.53. The summed E-state index contributed by atoms with van der Waals surface area (Å²) in [5.74, 6) is -1.39. The van der Waals surface area contributed by atoms with Crippen LogP contribution < -0.4 is 4.74 Å². The van der Waals surface area contributed by atoms with Gasteiger partial charge in [0.05, 0.1) is 5.69 Å². The Labute approximate surface area is 107 Å². The van der Waals surface area contributed by atoms with Crippen LogP contribution in [-0.4, -0.2) is 16.1 Å². The third-order valence-electron chi connectivity index (χ3n) is 2.20. The van der Waals surface area contributed by atoms with E-state index in [0.29, 0.717) is 5.69 Å². The molecular formula is C12H10FNO3S. The zero-order valence-corrected chi connectivity index (χ0v) is 10.3. The average molecular weight is 267 g/mol. The van der Waals surface area contributed by atoms with E-state index in [1.165, 1.54) is 6.07 Å². The average Bonchev–Trinajstić information content (AvgIpc) is 2.79. The lowest BCUT2D eigenvalue weighted by atomic mass is 10.2. The summed E-state index contributed by atoms with van der Waals surface area (Å²) >= 11 is 1.02. The standard InChI is InChI=1S/C12H10FNO3S/c1-7-2-3-9(13)10(4-7)17-5-8-6-18-11(14-8)12(15)16/h2-4,6H,5H2,1H3,(H,15,16). The molecule has 0 spiro atoms. The number of carboxylic acids is 1. The minimum absolute atomic E-state index is 0.00156. The number of aromatic carboxylic acids is 1. The topological polar surface area (TPSA) is 59.4 Å². The maximum atomic E-state index is 13.4. The molecule has 0 saturated carbocycles. The molecule has 0 atom stereocenters. The van der Waals surface area contributed by atoms with Gasteiger partial charge in [-0.2, -0.15) is 0 Å². The fraction of sp³-hybridized carbons (Fsp3) is 0.167. The van der Waals surface area contributed by atoms with Crippen LogP contribution in [0, 0.1) is 12.7 Å². The summed E-state index contributed by atoms with van der Waals surface area (Å²) in [5, 5.41) is 10.3. The SMILES string of the molecule is Cc1ccc(F)c(OCc2csc(C(=O)O)n2)c1. The zero-order chi connectivity index (χ0) is 13.1. The number of rotatable bonds is 4. The molecule has 2 aromatic rings. The third-order valence-corrected chi connectivity index (χ3v) is 3.08. The monoisotopic (exact) mass is 267 g/mol. The number of benzene rings is 1. The Morgan fingerprint density at radius 3 is 3.00 bits per heavy atom. The molecule has 0 unspecified atom stereocenters. The zero-order valence-electron chi connectivity index (χ0n) is 9.51. The van der Waals surface area contributed by atoms with E-state index in [0.717, 1.165) is 16.9 Å². The van der Waals surface area contributed by atoms with Gasteiger partial charge in [-0.25, -0.2) is 14.2 Å². The summed E-state index contributed by atoms with van der Waals surface area (Å²) < 4.78 is 18.6. The fourth-order valence-electron chi connectivity index (χ4n) is 1.34. The van der Waals surface area contributed by atoms with Gasteiger partial charge >= 0.3 is 5.97 Å². The molecule has 4 nitrogen and oxygen atoms in total. The second kappa shape index (κ2) is 5.14. The van der Waals surface area contributed by atoms with E-state index < -0.39 is 11.8 Å². The molecule has 1 heterocycles. The van der Waals surface area contributed by atoms with Gasteiger partial charge in [-0.15, -0.1) is 11.3 Å². The highest BCUT2D eigenvalue weighted by Crippen LogP contribution is 2.20. The van der Waals surface area contributed by atoms with Gasteiger partial charge in [-0.1, -0.05) is 6.07 Å². The number of hydrogen-bond acceptors (Lipinski definition) is 4. The van der Waals surface area contributed by atoms with Crippen molar-refractivity contribution in [2.24, 2.45) is 0 Å². The Balaban J connectivity index is 2.06. The number of carbonyl (C=O) groups is 1. The van der Waals surface area contributed by atoms with E-state index in [1.807, 2.05) is 6.92 Å². The summed E-state index contributed by atoms with van der Waals surface area (Å²) in [6.45, 7) is 1.88. The van der Waals surface area contributed by atoms with Gasteiger partial charge in [-0.3, -0.25) is 0 Å². The number of thiazole rings is 1. The summed E-state index contributed by atoms with van der Waals surface area (Å²) in [6, 6.07) is 4.56. The number of ether oxygens (including phenoxy) is 1. The maximum Gasteiger partial charge on any atom is 0.365 e. The van der Waals surface area contributed by atoms with E-state index in [2.05, 4.69) is 4.98 Å². The molecule has 0 bridgehead atoms. The first-order valence-electron chi connectivity index (χ1n) is 5.13. The quantitative estimate of drug-likeness (QED) is 0.925. The van der Waals surface area contributed by atoms with Crippen molar-refractivity contribution in [1.82, 2.24) is 4.98 Å². The van der Waals surface area contributed by atoms with Gasteiger partial charge in [-0.05, 0) is 24.6 Å². The molecule has 0 amide bonds. The minimum Gasteiger partial charge on any atom is -0.484 e. The minimum atomic E-state index is -1.08. The number of hydrogen-bond donors (Lipinski definition) is 1. The number of carboxylic acid groups (broad SMARTS) is 1. The Kier molecular flexibility index (Phi) is 3.57. The Morgan fingerprint density at radius 1 is 1.56 bits per heavy atom. The molecule has 1 aromatic carbocycles. The van der Waals surface area contributed by atoms with Crippen molar-refractivity contribution >= 4 is 17.3 Å².